The van der Waals surface area contributed by atoms with Gasteiger partial charge in [0, 0.05) is 12.1 Å². The summed E-state index contributed by atoms with van der Waals surface area (Å²) < 4.78 is 36.2. The number of carbonyl (C=O) groups is 3. The van der Waals surface area contributed by atoms with E-state index in [4.69, 9.17) is 4.74 Å². The maximum atomic E-state index is 13.5. The Kier molecular flexibility index (Phi) is 6.97. The zero-order chi connectivity index (χ0) is 20.7. The van der Waals surface area contributed by atoms with Gasteiger partial charge in [0.2, 0.25) is 0 Å². The van der Waals surface area contributed by atoms with Gasteiger partial charge in [0.15, 0.2) is 6.10 Å². The van der Waals surface area contributed by atoms with Crippen LogP contribution in [0, 0.1) is 11.6 Å². The molecule has 2 aromatic carbocycles. The van der Waals surface area contributed by atoms with E-state index in [9.17, 15) is 23.2 Å². The Labute approximate surface area is 159 Å². The van der Waals surface area contributed by atoms with Crippen LogP contribution in [0.2, 0.25) is 0 Å². The second kappa shape index (κ2) is 9.40. The highest BCUT2D eigenvalue weighted by Crippen LogP contribution is 2.16. The molecular formula is C20H17F2NO5. The maximum absolute atomic E-state index is 13.5. The average Bonchev–Trinajstić information content (AvgIpc) is 2.68. The Morgan fingerprint density at radius 3 is 2.39 bits per heavy atom. The first-order valence-corrected chi connectivity index (χ1v) is 8.13. The molecule has 0 spiro atoms. The van der Waals surface area contributed by atoms with Gasteiger partial charge in [-0.05, 0) is 42.8 Å². The van der Waals surface area contributed by atoms with E-state index in [1.54, 1.807) is 12.1 Å². The number of amides is 1. The Morgan fingerprint density at radius 1 is 1.07 bits per heavy atom. The van der Waals surface area contributed by atoms with Crippen molar-refractivity contribution in [3.8, 4) is 0 Å². The molecule has 8 heteroatoms. The molecule has 1 atom stereocenters. The zero-order valence-electron chi connectivity index (χ0n) is 15.1. The van der Waals surface area contributed by atoms with E-state index >= 15 is 0 Å². The van der Waals surface area contributed by atoms with Gasteiger partial charge >= 0.3 is 11.9 Å². The highest BCUT2D eigenvalue weighted by atomic mass is 19.1. The van der Waals surface area contributed by atoms with Gasteiger partial charge < -0.3 is 14.8 Å². The molecule has 0 radical (unpaired) electrons. The van der Waals surface area contributed by atoms with Gasteiger partial charge in [0.1, 0.15) is 11.6 Å². The standard InChI is InChI=1S/C20H17F2NO5/c1-12(19(25)23-17-11-15(21)8-9-16(17)22)28-18(24)10-5-13-3-6-14(7-4-13)20(26)27-2/h3-12H,1-2H3,(H,23,25)/b10-5+. The molecule has 0 aliphatic carbocycles. The van der Waals surface area contributed by atoms with Crippen molar-refractivity contribution in [1.29, 1.82) is 0 Å². The van der Waals surface area contributed by atoms with Crippen molar-refractivity contribution >= 4 is 29.6 Å². The third-order valence-electron chi connectivity index (χ3n) is 3.59. The molecule has 1 amide bonds. The summed E-state index contributed by atoms with van der Waals surface area (Å²) in [7, 11) is 1.27. The molecular weight excluding hydrogens is 372 g/mol. The number of hydrogen-bond acceptors (Lipinski definition) is 5. The Hall–Kier alpha value is -3.55. The molecule has 0 aliphatic rings. The molecule has 2 aromatic rings. The smallest absolute Gasteiger partial charge is 0.337 e. The van der Waals surface area contributed by atoms with E-state index in [2.05, 4.69) is 10.1 Å². The highest BCUT2D eigenvalue weighted by Gasteiger charge is 2.18. The molecule has 1 N–H and O–H groups in total. The summed E-state index contributed by atoms with van der Waals surface area (Å²) in [4.78, 5) is 35.1. The van der Waals surface area contributed by atoms with Crippen LogP contribution in [0.5, 0.6) is 0 Å². The van der Waals surface area contributed by atoms with E-state index in [1.165, 1.54) is 32.2 Å². The van der Waals surface area contributed by atoms with Crippen molar-refractivity contribution < 1.29 is 32.6 Å². The van der Waals surface area contributed by atoms with E-state index < -0.39 is 35.6 Å². The molecule has 0 bridgehead atoms. The van der Waals surface area contributed by atoms with Crippen molar-refractivity contribution in [2.75, 3.05) is 12.4 Å². The number of esters is 2. The minimum atomic E-state index is -1.23. The van der Waals surface area contributed by atoms with Gasteiger partial charge in [-0.2, -0.15) is 0 Å². The van der Waals surface area contributed by atoms with Crippen LogP contribution in [-0.2, 0) is 19.1 Å². The first-order chi connectivity index (χ1) is 13.3. The van der Waals surface area contributed by atoms with Gasteiger partial charge in [0.25, 0.3) is 5.91 Å². The molecule has 0 heterocycles. The number of anilines is 1. The lowest BCUT2D eigenvalue weighted by atomic mass is 10.1. The van der Waals surface area contributed by atoms with Gasteiger partial charge in [-0.15, -0.1) is 0 Å². The predicted octanol–water partition coefficient (Wildman–Crippen LogP) is 3.34. The largest absolute Gasteiger partial charge is 0.465 e. The van der Waals surface area contributed by atoms with E-state index in [-0.39, 0.29) is 5.69 Å². The minimum absolute atomic E-state index is 0.353. The molecule has 0 fully saturated rings. The Balaban J connectivity index is 1.92. The Morgan fingerprint density at radius 2 is 1.75 bits per heavy atom. The highest BCUT2D eigenvalue weighted by molar-refractivity contribution is 5.96. The number of nitrogens with one attached hydrogen (secondary N) is 1. The number of methoxy groups -OCH3 is 1. The average molecular weight is 389 g/mol. The fourth-order valence-electron chi connectivity index (χ4n) is 2.11. The van der Waals surface area contributed by atoms with E-state index in [0.717, 1.165) is 24.3 Å². The first-order valence-electron chi connectivity index (χ1n) is 8.13. The topological polar surface area (TPSA) is 81.7 Å². The molecule has 146 valence electrons. The molecule has 1 unspecified atom stereocenters. The van der Waals surface area contributed by atoms with Gasteiger partial charge in [-0.1, -0.05) is 12.1 Å². The lowest BCUT2D eigenvalue weighted by molar-refractivity contribution is -0.148. The Bertz CT molecular complexity index is 909. The fourth-order valence-corrected chi connectivity index (χ4v) is 2.11. The molecule has 2 rings (SSSR count). The van der Waals surface area contributed by atoms with Crippen LogP contribution in [0.3, 0.4) is 0 Å². The summed E-state index contributed by atoms with van der Waals surface area (Å²) in [6.45, 7) is 1.30. The molecule has 0 saturated heterocycles. The lowest BCUT2D eigenvalue weighted by Gasteiger charge is -2.12. The number of carbonyl (C=O) groups excluding carboxylic acids is 3. The zero-order valence-corrected chi connectivity index (χ0v) is 15.1. The van der Waals surface area contributed by atoms with Crippen LogP contribution in [0.4, 0.5) is 14.5 Å². The number of halogens is 2. The third-order valence-corrected chi connectivity index (χ3v) is 3.59. The normalized spacial score (nSPS) is 11.7. The quantitative estimate of drug-likeness (QED) is 0.605. The van der Waals surface area contributed by atoms with Crippen LogP contribution in [0.15, 0.2) is 48.5 Å². The number of hydrogen-bond donors (Lipinski definition) is 1. The number of benzene rings is 2. The summed E-state index contributed by atoms with van der Waals surface area (Å²) in [5.74, 6) is -3.64. The molecule has 0 aromatic heterocycles. The lowest BCUT2D eigenvalue weighted by Crippen LogP contribution is -2.29. The molecule has 0 saturated carbocycles. The van der Waals surface area contributed by atoms with Crippen molar-refractivity contribution in [3.63, 3.8) is 0 Å². The van der Waals surface area contributed by atoms with Crippen molar-refractivity contribution in [3.05, 3.63) is 71.3 Å². The minimum Gasteiger partial charge on any atom is -0.465 e. The van der Waals surface area contributed by atoms with Crippen LogP contribution < -0.4 is 5.32 Å². The maximum Gasteiger partial charge on any atom is 0.337 e. The number of rotatable bonds is 6. The fraction of sp³-hybridized carbons (Fsp3) is 0.150. The second-order valence-corrected chi connectivity index (χ2v) is 5.64. The van der Waals surface area contributed by atoms with Crippen LogP contribution in [0.25, 0.3) is 6.08 Å². The number of ether oxygens (including phenoxy) is 2. The van der Waals surface area contributed by atoms with Crippen LogP contribution >= 0.6 is 0 Å². The first kappa shape index (κ1) is 20.8. The van der Waals surface area contributed by atoms with Crippen molar-refractivity contribution in [1.82, 2.24) is 0 Å². The van der Waals surface area contributed by atoms with Gasteiger partial charge in [0.05, 0.1) is 18.4 Å². The summed E-state index contributed by atoms with van der Waals surface area (Å²) in [6.07, 6.45) is 1.29. The summed E-state index contributed by atoms with van der Waals surface area (Å²) in [5, 5.41) is 2.15. The molecule has 6 nitrogen and oxygen atoms in total. The summed E-state index contributed by atoms with van der Waals surface area (Å²) >= 11 is 0. The van der Waals surface area contributed by atoms with Gasteiger partial charge in [-0.25, -0.2) is 18.4 Å². The van der Waals surface area contributed by atoms with Crippen LogP contribution in [-0.4, -0.2) is 31.1 Å². The van der Waals surface area contributed by atoms with Crippen molar-refractivity contribution in [2.45, 2.75) is 13.0 Å². The third kappa shape index (κ3) is 5.73. The summed E-state index contributed by atoms with van der Waals surface area (Å²) in [6, 6.07) is 8.85. The van der Waals surface area contributed by atoms with E-state index in [1.807, 2.05) is 0 Å². The summed E-state index contributed by atoms with van der Waals surface area (Å²) in [5.41, 5.74) is 0.620. The van der Waals surface area contributed by atoms with Gasteiger partial charge in [-0.3, -0.25) is 4.79 Å². The van der Waals surface area contributed by atoms with Crippen molar-refractivity contribution in [2.24, 2.45) is 0 Å². The molecule has 0 aliphatic heterocycles. The monoisotopic (exact) mass is 389 g/mol. The SMILES string of the molecule is COC(=O)c1ccc(/C=C/C(=O)OC(C)C(=O)Nc2cc(F)ccc2F)cc1. The van der Waals surface area contributed by atoms with Crippen LogP contribution in [0.1, 0.15) is 22.8 Å². The molecule has 28 heavy (non-hydrogen) atoms. The predicted molar refractivity (Wildman–Crippen MR) is 97.4 cm³/mol. The van der Waals surface area contributed by atoms with E-state index in [0.29, 0.717) is 11.1 Å². The second-order valence-electron chi connectivity index (χ2n) is 5.64.